The van der Waals surface area contributed by atoms with Crippen LogP contribution in [0.4, 0.5) is 0 Å². The van der Waals surface area contributed by atoms with Gasteiger partial charge in [0.1, 0.15) is 6.04 Å². The maximum atomic E-state index is 12.2. The van der Waals surface area contributed by atoms with Crippen LogP contribution in [-0.2, 0) is 16.1 Å². The molecule has 1 amide bonds. The molecule has 1 heterocycles. The van der Waals surface area contributed by atoms with Gasteiger partial charge in [-0.2, -0.15) is 0 Å². The highest BCUT2D eigenvalue weighted by atomic mass is 35.5. The van der Waals surface area contributed by atoms with E-state index in [4.69, 9.17) is 27.9 Å². The van der Waals surface area contributed by atoms with Crippen LogP contribution in [0.2, 0.25) is 10.0 Å². The summed E-state index contributed by atoms with van der Waals surface area (Å²) >= 11 is 12.1. The molecule has 7 heteroatoms. The van der Waals surface area contributed by atoms with Crippen molar-refractivity contribution in [1.29, 1.82) is 0 Å². The summed E-state index contributed by atoms with van der Waals surface area (Å²) in [6, 6.07) is 5.13. The normalized spacial score (nSPS) is 18.2. The standard InChI is InChI=1S/C13H16Cl2N2O2.ClH/c1-17(13(18)11-8-19-6-5-16-11)7-9-3-2-4-10(14)12(9)15;/h2-4,11,16H,5-8H2,1H3;1H. The van der Waals surface area contributed by atoms with E-state index in [-0.39, 0.29) is 24.4 Å². The quantitative estimate of drug-likeness (QED) is 0.919. The van der Waals surface area contributed by atoms with Crippen molar-refractivity contribution in [3.63, 3.8) is 0 Å². The summed E-state index contributed by atoms with van der Waals surface area (Å²) in [6.07, 6.45) is 0. The fourth-order valence-corrected chi connectivity index (χ4v) is 2.37. The SMILES string of the molecule is CN(Cc1cccc(Cl)c1Cl)C(=O)C1COCCN1.Cl. The molecule has 1 unspecified atom stereocenters. The number of halogens is 3. The summed E-state index contributed by atoms with van der Waals surface area (Å²) in [7, 11) is 1.75. The Morgan fingerprint density at radius 2 is 2.25 bits per heavy atom. The number of morpholine rings is 1. The lowest BCUT2D eigenvalue weighted by Crippen LogP contribution is -2.51. The third-order valence-corrected chi connectivity index (χ3v) is 3.89. The molecule has 0 saturated carbocycles. The third-order valence-electron chi connectivity index (χ3n) is 3.04. The predicted octanol–water partition coefficient (Wildman–Crippen LogP) is 2.36. The molecule has 1 saturated heterocycles. The third kappa shape index (κ3) is 4.24. The average Bonchev–Trinajstić information content (AvgIpc) is 2.44. The van der Waals surface area contributed by atoms with Gasteiger partial charge >= 0.3 is 0 Å². The molecule has 0 spiro atoms. The molecular formula is C13H17Cl3N2O2. The van der Waals surface area contributed by atoms with Gasteiger partial charge in [-0.1, -0.05) is 35.3 Å². The van der Waals surface area contributed by atoms with Crippen LogP contribution >= 0.6 is 35.6 Å². The molecule has 20 heavy (non-hydrogen) atoms. The fourth-order valence-electron chi connectivity index (χ4n) is 1.99. The molecule has 0 radical (unpaired) electrons. The van der Waals surface area contributed by atoms with Crippen LogP contribution in [0.5, 0.6) is 0 Å². The Hall–Kier alpha value is -0.520. The number of amides is 1. The Balaban J connectivity index is 0.00000200. The van der Waals surface area contributed by atoms with Crippen molar-refractivity contribution in [3.05, 3.63) is 33.8 Å². The molecule has 2 rings (SSSR count). The van der Waals surface area contributed by atoms with Crippen LogP contribution in [0.25, 0.3) is 0 Å². The Morgan fingerprint density at radius 3 is 2.90 bits per heavy atom. The molecule has 0 aliphatic carbocycles. The summed E-state index contributed by atoms with van der Waals surface area (Å²) in [5.74, 6) is -0.00394. The number of hydrogen-bond acceptors (Lipinski definition) is 3. The van der Waals surface area contributed by atoms with E-state index in [0.717, 1.165) is 5.56 Å². The number of nitrogens with zero attached hydrogens (tertiary/aromatic N) is 1. The van der Waals surface area contributed by atoms with E-state index in [0.29, 0.717) is 36.3 Å². The van der Waals surface area contributed by atoms with Crippen molar-refractivity contribution in [2.45, 2.75) is 12.6 Å². The summed E-state index contributed by atoms with van der Waals surface area (Å²) < 4.78 is 5.29. The smallest absolute Gasteiger partial charge is 0.242 e. The molecule has 112 valence electrons. The Kier molecular flexibility index (Phi) is 7.06. The second kappa shape index (κ2) is 8.05. The lowest BCUT2D eigenvalue weighted by Gasteiger charge is -2.27. The van der Waals surface area contributed by atoms with Gasteiger partial charge in [-0.05, 0) is 11.6 Å². The van der Waals surface area contributed by atoms with E-state index < -0.39 is 0 Å². The van der Waals surface area contributed by atoms with E-state index in [2.05, 4.69) is 5.32 Å². The first-order valence-corrected chi connectivity index (χ1v) is 6.84. The molecule has 1 fully saturated rings. The van der Waals surface area contributed by atoms with Crippen LogP contribution in [-0.4, -0.2) is 43.7 Å². The van der Waals surface area contributed by atoms with E-state index in [1.165, 1.54) is 0 Å². The average molecular weight is 340 g/mol. The second-order valence-corrected chi connectivity index (χ2v) is 5.27. The minimum Gasteiger partial charge on any atom is -0.378 e. The summed E-state index contributed by atoms with van der Waals surface area (Å²) in [5, 5.41) is 4.13. The van der Waals surface area contributed by atoms with Crippen molar-refractivity contribution < 1.29 is 9.53 Å². The van der Waals surface area contributed by atoms with Gasteiger partial charge in [-0.25, -0.2) is 0 Å². The van der Waals surface area contributed by atoms with E-state index >= 15 is 0 Å². The molecule has 1 aliphatic rings. The second-order valence-electron chi connectivity index (χ2n) is 4.49. The van der Waals surface area contributed by atoms with Gasteiger partial charge in [0.15, 0.2) is 0 Å². The van der Waals surface area contributed by atoms with Gasteiger partial charge in [0, 0.05) is 20.1 Å². The number of benzene rings is 1. The van der Waals surface area contributed by atoms with Crippen LogP contribution in [0.1, 0.15) is 5.56 Å². The lowest BCUT2D eigenvalue weighted by molar-refractivity contribution is -0.135. The van der Waals surface area contributed by atoms with E-state index in [9.17, 15) is 4.79 Å². The van der Waals surface area contributed by atoms with Gasteiger partial charge in [-0.3, -0.25) is 4.79 Å². The van der Waals surface area contributed by atoms with Crippen LogP contribution in [0.3, 0.4) is 0 Å². The lowest BCUT2D eigenvalue weighted by atomic mass is 10.2. The molecule has 1 atom stereocenters. The van der Waals surface area contributed by atoms with E-state index in [1.54, 1.807) is 18.0 Å². The van der Waals surface area contributed by atoms with Crippen molar-refractivity contribution in [2.75, 3.05) is 26.8 Å². The zero-order valence-corrected chi connectivity index (χ0v) is 13.4. The zero-order valence-electron chi connectivity index (χ0n) is 11.1. The number of hydrogen-bond donors (Lipinski definition) is 1. The zero-order chi connectivity index (χ0) is 13.8. The molecule has 0 aromatic heterocycles. The highest BCUT2D eigenvalue weighted by Gasteiger charge is 2.24. The highest BCUT2D eigenvalue weighted by molar-refractivity contribution is 6.42. The maximum Gasteiger partial charge on any atom is 0.242 e. The van der Waals surface area contributed by atoms with Crippen molar-refractivity contribution in [2.24, 2.45) is 0 Å². The minimum absolute atomic E-state index is 0. The van der Waals surface area contributed by atoms with Gasteiger partial charge in [-0.15, -0.1) is 12.4 Å². The van der Waals surface area contributed by atoms with Crippen LogP contribution in [0, 0.1) is 0 Å². The number of rotatable bonds is 3. The Labute approximate surface area is 134 Å². The molecule has 0 bridgehead atoms. The number of carbonyl (C=O) groups excluding carboxylic acids is 1. The van der Waals surface area contributed by atoms with Gasteiger partial charge in [0.25, 0.3) is 0 Å². The Bertz CT molecular complexity index is 465. The van der Waals surface area contributed by atoms with Crippen molar-refractivity contribution in [1.82, 2.24) is 10.2 Å². The number of nitrogens with one attached hydrogen (secondary N) is 1. The number of carbonyl (C=O) groups is 1. The molecular weight excluding hydrogens is 323 g/mol. The van der Waals surface area contributed by atoms with Gasteiger partial charge < -0.3 is 15.0 Å². The minimum atomic E-state index is -0.281. The predicted molar refractivity (Wildman–Crippen MR) is 82.8 cm³/mol. The van der Waals surface area contributed by atoms with Crippen molar-refractivity contribution in [3.8, 4) is 0 Å². The van der Waals surface area contributed by atoms with E-state index in [1.807, 2.05) is 12.1 Å². The first kappa shape index (κ1) is 17.5. The molecule has 1 aromatic rings. The topological polar surface area (TPSA) is 41.6 Å². The van der Waals surface area contributed by atoms with Gasteiger partial charge in [0.05, 0.1) is 23.3 Å². The Morgan fingerprint density at radius 1 is 1.50 bits per heavy atom. The first-order chi connectivity index (χ1) is 9.09. The molecule has 1 N–H and O–H groups in total. The molecule has 1 aromatic carbocycles. The molecule has 4 nitrogen and oxygen atoms in total. The number of ether oxygens (including phenoxy) is 1. The summed E-state index contributed by atoms with van der Waals surface area (Å²) in [5.41, 5.74) is 0.835. The highest BCUT2D eigenvalue weighted by Crippen LogP contribution is 2.26. The number of likely N-dealkylation sites (N-methyl/N-ethyl adjacent to an activating group) is 1. The maximum absolute atomic E-state index is 12.2. The first-order valence-electron chi connectivity index (χ1n) is 6.08. The monoisotopic (exact) mass is 338 g/mol. The van der Waals surface area contributed by atoms with Gasteiger partial charge in [0.2, 0.25) is 5.91 Å². The fraction of sp³-hybridized carbons (Fsp3) is 0.462. The van der Waals surface area contributed by atoms with Crippen molar-refractivity contribution >= 4 is 41.5 Å². The summed E-state index contributed by atoms with van der Waals surface area (Å²) in [6.45, 7) is 2.18. The summed E-state index contributed by atoms with van der Waals surface area (Å²) in [4.78, 5) is 13.8. The molecule has 1 aliphatic heterocycles. The van der Waals surface area contributed by atoms with Crippen LogP contribution in [0.15, 0.2) is 18.2 Å². The largest absolute Gasteiger partial charge is 0.378 e. The van der Waals surface area contributed by atoms with Crippen LogP contribution < -0.4 is 5.32 Å².